The minimum absolute atomic E-state index is 0.0337. The van der Waals surface area contributed by atoms with E-state index in [9.17, 15) is 13.8 Å². The Bertz CT molecular complexity index is 1020. The molecule has 0 radical (unpaired) electrons. The number of aromatic carboxylic acids is 1. The van der Waals surface area contributed by atoms with Crippen molar-refractivity contribution in [1.82, 2.24) is 0 Å². The predicted octanol–water partition coefficient (Wildman–Crippen LogP) is 3.55. The summed E-state index contributed by atoms with van der Waals surface area (Å²) in [4.78, 5) is 24.3. The van der Waals surface area contributed by atoms with E-state index < -0.39 is 16.8 Å². The molecule has 0 aliphatic carbocycles. The van der Waals surface area contributed by atoms with Crippen LogP contribution in [0.25, 0.3) is 21.9 Å². The number of carboxylic acid groups (broad SMARTS) is 1. The van der Waals surface area contributed by atoms with Crippen LogP contribution < -0.4 is 5.43 Å². The molecule has 3 aromatic rings. The number of fused-ring (bicyclic) bond motifs is 2. The third-order valence-corrected chi connectivity index (χ3v) is 5.27. The average molecular weight is 344 g/mol. The van der Waals surface area contributed by atoms with E-state index in [1.54, 1.807) is 18.2 Å². The van der Waals surface area contributed by atoms with Crippen LogP contribution in [0.15, 0.2) is 50.5 Å². The lowest BCUT2D eigenvalue weighted by molar-refractivity contribution is 0.0697. The Hall–Kier alpha value is -2.47. The topological polar surface area (TPSA) is 84.6 Å². The van der Waals surface area contributed by atoms with E-state index in [1.165, 1.54) is 18.2 Å². The second-order valence-corrected chi connectivity index (χ2v) is 7.08. The summed E-state index contributed by atoms with van der Waals surface area (Å²) in [6, 6.07) is 9.07. The highest BCUT2D eigenvalue weighted by Gasteiger charge is 2.13. The Morgan fingerprint density at radius 2 is 1.92 bits per heavy atom. The molecule has 1 N–H and O–H groups in total. The standard InChI is InChI=1S/C18H16O5S/c1-2-3-8-24(22)12-5-6-13-16(10-12)23-15-7-4-11(18(20)21)9-14(15)17(13)19/h4-7,9-10H,2-3,8H2,1H3,(H,20,21). The summed E-state index contributed by atoms with van der Waals surface area (Å²) in [5.74, 6) is -0.528. The van der Waals surface area contributed by atoms with Crippen LogP contribution in [0.2, 0.25) is 0 Å². The fourth-order valence-corrected chi connectivity index (χ4v) is 3.75. The van der Waals surface area contributed by atoms with Gasteiger partial charge >= 0.3 is 5.97 Å². The molecule has 0 aliphatic heterocycles. The molecular weight excluding hydrogens is 328 g/mol. The van der Waals surface area contributed by atoms with Crippen LogP contribution in [0.1, 0.15) is 30.1 Å². The van der Waals surface area contributed by atoms with E-state index >= 15 is 0 Å². The van der Waals surface area contributed by atoms with Crippen molar-refractivity contribution >= 4 is 38.7 Å². The van der Waals surface area contributed by atoms with Crippen LogP contribution in [0, 0.1) is 0 Å². The van der Waals surface area contributed by atoms with Gasteiger partial charge in [0.25, 0.3) is 0 Å². The summed E-state index contributed by atoms with van der Waals surface area (Å²) in [6.07, 6.45) is 1.83. The maximum Gasteiger partial charge on any atom is 0.335 e. The number of hydrogen-bond acceptors (Lipinski definition) is 4. The summed E-state index contributed by atoms with van der Waals surface area (Å²) in [5.41, 5.74) is 0.415. The second kappa shape index (κ2) is 6.57. The molecular formula is C18H16O5S. The largest absolute Gasteiger partial charge is 0.478 e. The lowest BCUT2D eigenvalue weighted by Crippen LogP contribution is -2.05. The fourth-order valence-electron chi connectivity index (χ4n) is 2.50. The minimum atomic E-state index is -1.13. The molecule has 124 valence electrons. The van der Waals surface area contributed by atoms with Crippen molar-refractivity contribution < 1.29 is 18.5 Å². The molecule has 3 rings (SSSR count). The molecule has 1 aromatic heterocycles. The zero-order chi connectivity index (χ0) is 17.3. The molecule has 6 heteroatoms. The molecule has 24 heavy (non-hydrogen) atoms. The maximum atomic E-state index is 12.6. The molecule has 0 fully saturated rings. The van der Waals surface area contributed by atoms with Crippen molar-refractivity contribution in [3.63, 3.8) is 0 Å². The van der Waals surface area contributed by atoms with Crippen molar-refractivity contribution in [2.24, 2.45) is 0 Å². The Morgan fingerprint density at radius 3 is 2.62 bits per heavy atom. The van der Waals surface area contributed by atoms with E-state index in [2.05, 4.69) is 0 Å². The van der Waals surface area contributed by atoms with E-state index in [0.717, 1.165) is 12.8 Å². The van der Waals surface area contributed by atoms with Gasteiger partial charge in [-0.2, -0.15) is 0 Å². The zero-order valence-corrected chi connectivity index (χ0v) is 13.9. The van der Waals surface area contributed by atoms with E-state index in [1.807, 2.05) is 6.92 Å². The highest BCUT2D eigenvalue weighted by Crippen LogP contribution is 2.22. The molecule has 0 saturated carbocycles. The van der Waals surface area contributed by atoms with E-state index in [-0.39, 0.29) is 16.4 Å². The first kappa shape index (κ1) is 16.4. The third-order valence-electron chi connectivity index (χ3n) is 3.83. The summed E-state index contributed by atoms with van der Waals surface area (Å²) in [7, 11) is -1.13. The number of carboxylic acids is 1. The molecule has 2 aromatic carbocycles. The van der Waals surface area contributed by atoms with Gasteiger partial charge < -0.3 is 9.52 Å². The summed E-state index contributed by atoms with van der Waals surface area (Å²) >= 11 is 0. The molecule has 1 atom stereocenters. The quantitative estimate of drug-likeness (QED) is 0.716. The first-order chi connectivity index (χ1) is 11.5. The Kier molecular flexibility index (Phi) is 4.49. The monoisotopic (exact) mass is 344 g/mol. The number of hydrogen-bond donors (Lipinski definition) is 1. The van der Waals surface area contributed by atoms with Gasteiger partial charge in [-0.05, 0) is 42.8 Å². The molecule has 5 nitrogen and oxygen atoms in total. The van der Waals surface area contributed by atoms with Gasteiger partial charge in [0.05, 0.1) is 27.1 Å². The number of rotatable bonds is 5. The molecule has 0 spiro atoms. The lowest BCUT2D eigenvalue weighted by Gasteiger charge is -2.05. The Morgan fingerprint density at radius 1 is 1.12 bits per heavy atom. The van der Waals surface area contributed by atoms with Crippen molar-refractivity contribution in [2.45, 2.75) is 24.7 Å². The molecule has 1 heterocycles. The summed E-state index contributed by atoms with van der Waals surface area (Å²) < 4.78 is 18.0. The van der Waals surface area contributed by atoms with Crippen molar-refractivity contribution in [3.8, 4) is 0 Å². The normalized spacial score (nSPS) is 12.5. The number of benzene rings is 2. The van der Waals surface area contributed by atoms with Gasteiger partial charge in [-0.25, -0.2) is 4.79 Å². The summed E-state index contributed by atoms with van der Waals surface area (Å²) in [6.45, 7) is 2.04. The van der Waals surface area contributed by atoms with Crippen molar-refractivity contribution in [2.75, 3.05) is 5.75 Å². The lowest BCUT2D eigenvalue weighted by atomic mass is 10.1. The smallest absolute Gasteiger partial charge is 0.335 e. The van der Waals surface area contributed by atoms with E-state index in [4.69, 9.17) is 9.52 Å². The predicted molar refractivity (Wildman–Crippen MR) is 93.1 cm³/mol. The van der Waals surface area contributed by atoms with Gasteiger partial charge in [0.15, 0.2) is 0 Å². The highest BCUT2D eigenvalue weighted by molar-refractivity contribution is 7.85. The maximum absolute atomic E-state index is 12.6. The molecule has 0 saturated heterocycles. The Balaban J connectivity index is 2.16. The summed E-state index contributed by atoms with van der Waals surface area (Å²) in [5, 5.41) is 9.62. The van der Waals surface area contributed by atoms with Crippen molar-refractivity contribution in [3.05, 3.63) is 52.2 Å². The van der Waals surface area contributed by atoms with Crippen LogP contribution in [-0.4, -0.2) is 21.0 Å². The number of carbonyl (C=O) groups is 1. The SMILES string of the molecule is CCCCS(=O)c1ccc2c(=O)c3cc(C(=O)O)ccc3oc2c1. The van der Waals surface area contributed by atoms with Gasteiger partial charge in [0.1, 0.15) is 11.2 Å². The van der Waals surface area contributed by atoms with Gasteiger partial charge in [0, 0.05) is 10.6 Å². The van der Waals surface area contributed by atoms with Gasteiger partial charge in [0.2, 0.25) is 5.43 Å². The molecule has 0 bridgehead atoms. The molecule has 0 aliphatic rings. The molecule has 1 unspecified atom stereocenters. The van der Waals surface area contributed by atoms with Crippen molar-refractivity contribution in [1.29, 1.82) is 0 Å². The minimum Gasteiger partial charge on any atom is -0.478 e. The zero-order valence-electron chi connectivity index (χ0n) is 13.1. The van der Waals surface area contributed by atoms with Gasteiger partial charge in [-0.15, -0.1) is 0 Å². The average Bonchev–Trinajstić information content (AvgIpc) is 2.59. The van der Waals surface area contributed by atoms with Crippen LogP contribution in [0.3, 0.4) is 0 Å². The Labute approximate surface area is 140 Å². The fraction of sp³-hybridized carbons (Fsp3) is 0.222. The second-order valence-electron chi connectivity index (χ2n) is 5.51. The van der Waals surface area contributed by atoms with Gasteiger partial charge in [-0.1, -0.05) is 13.3 Å². The third kappa shape index (κ3) is 2.97. The van der Waals surface area contributed by atoms with E-state index in [0.29, 0.717) is 27.2 Å². The molecule has 0 amide bonds. The first-order valence-electron chi connectivity index (χ1n) is 7.63. The first-order valence-corrected chi connectivity index (χ1v) is 8.95. The highest BCUT2D eigenvalue weighted by atomic mass is 32.2. The van der Waals surface area contributed by atoms with Gasteiger partial charge in [-0.3, -0.25) is 9.00 Å². The number of unbranched alkanes of at least 4 members (excludes halogenated alkanes) is 1. The van der Waals surface area contributed by atoms with Crippen LogP contribution in [0.5, 0.6) is 0 Å². The van der Waals surface area contributed by atoms with Crippen LogP contribution in [0.4, 0.5) is 0 Å². The van der Waals surface area contributed by atoms with Crippen LogP contribution >= 0.6 is 0 Å². The van der Waals surface area contributed by atoms with Crippen LogP contribution in [-0.2, 0) is 10.8 Å².